The Morgan fingerprint density at radius 2 is 2.26 bits per heavy atom. The third-order valence-corrected chi connectivity index (χ3v) is 3.79. The van der Waals surface area contributed by atoms with Gasteiger partial charge in [0.05, 0.1) is 29.3 Å². The zero-order chi connectivity index (χ0) is 13.2. The first-order valence-electron chi connectivity index (χ1n) is 7.06. The fourth-order valence-corrected chi connectivity index (χ4v) is 2.62. The highest BCUT2D eigenvalue weighted by Gasteiger charge is 2.22. The van der Waals surface area contributed by atoms with E-state index in [9.17, 15) is 0 Å². The maximum Gasteiger partial charge on any atom is 0.124 e. The van der Waals surface area contributed by atoms with Gasteiger partial charge in [0.1, 0.15) is 5.82 Å². The van der Waals surface area contributed by atoms with E-state index < -0.39 is 0 Å². The number of fused-ring (bicyclic) bond motifs is 1. The Morgan fingerprint density at radius 3 is 3.00 bits per heavy atom. The molecule has 2 aromatic rings. The Hall–Kier alpha value is -1.39. The van der Waals surface area contributed by atoms with Crippen molar-refractivity contribution in [3.8, 4) is 0 Å². The summed E-state index contributed by atoms with van der Waals surface area (Å²) in [7, 11) is 0. The van der Waals surface area contributed by atoms with Crippen molar-refractivity contribution in [1.29, 1.82) is 0 Å². The summed E-state index contributed by atoms with van der Waals surface area (Å²) in [5.74, 6) is 0.993. The summed E-state index contributed by atoms with van der Waals surface area (Å²) in [6.07, 6.45) is 3.09. The largest absolute Gasteiger partial charge is 0.374 e. The van der Waals surface area contributed by atoms with Crippen molar-refractivity contribution in [2.24, 2.45) is 0 Å². The van der Waals surface area contributed by atoms with Crippen LogP contribution >= 0.6 is 0 Å². The molecule has 102 valence electrons. The van der Waals surface area contributed by atoms with Gasteiger partial charge in [-0.2, -0.15) is 0 Å². The number of ether oxygens (including phenoxy) is 1. The van der Waals surface area contributed by atoms with Gasteiger partial charge < -0.3 is 15.0 Å². The van der Waals surface area contributed by atoms with Crippen LogP contribution in [0.5, 0.6) is 0 Å². The van der Waals surface area contributed by atoms with E-state index in [4.69, 9.17) is 4.74 Å². The van der Waals surface area contributed by atoms with Crippen LogP contribution in [0.3, 0.4) is 0 Å². The smallest absolute Gasteiger partial charge is 0.124 e. The van der Waals surface area contributed by atoms with Crippen LogP contribution in [0.15, 0.2) is 24.3 Å². The first kappa shape index (κ1) is 12.6. The van der Waals surface area contributed by atoms with Gasteiger partial charge in [0.25, 0.3) is 0 Å². The summed E-state index contributed by atoms with van der Waals surface area (Å²) in [4.78, 5) is 7.98. The topological polar surface area (TPSA) is 49.9 Å². The number of aromatic nitrogens is 2. The van der Waals surface area contributed by atoms with Gasteiger partial charge in [-0.3, -0.25) is 0 Å². The zero-order valence-electron chi connectivity index (χ0n) is 11.5. The Kier molecular flexibility index (Phi) is 3.53. The molecule has 0 spiro atoms. The molecule has 4 nitrogen and oxygen atoms in total. The van der Waals surface area contributed by atoms with Crippen LogP contribution in [0.25, 0.3) is 11.0 Å². The van der Waals surface area contributed by atoms with Gasteiger partial charge in [0.2, 0.25) is 0 Å². The normalized spacial score (nSPS) is 24.9. The lowest BCUT2D eigenvalue weighted by Crippen LogP contribution is -2.29. The fraction of sp³-hybridized carbons (Fsp3) is 0.533. The molecule has 2 heterocycles. The predicted octanol–water partition coefficient (Wildman–Crippen LogP) is 2.78. The number of imidazole rings is 1. The van der Waals surface area contributed by atoms with Gasteiger partial charge in [-0.05, 0) is 38.8 Å². The number of nitrogens with one attached hydrogen (secondary N) is 2. The molecule has 3 rings (SSSR count). The third kappa shape index (κ3) is 2.80. The predicted molar refractivity (Wildman–Crippen MR) is 76.1 cm³/mol. The van der Waals surface area contributed by atoms with Crippen LogP contribution in [-0.4, -0.2) is 28.7 Å². The molecule has 3 atom stereocenters. The van der Waals surface area contributed by atoms with E-state index in [0.29, 0.717) is 12.2 Å². The van der Waals surface area contributed by atoms with Crippen LogP contribution in [0.4, 0.5) is 0 Å². The molecule has 0 aliphatic carbocycles. The molecule has 0 saturated carbocycles. The van der Waals surface area contributed by atoms with E-state index in [2.05, 4.69) is 35.2 Å². The fourth-order valence-electron chi connectivity index (χ4n) is 2.62. The number of benzene rings is 1. The lowest BCUT2D eigenvalue weighted by atomic mass is 10.2. The summed E-state index contributed by atoms with van der Waals surface area (Å²) < 4.78 is 5.81. The van der Waals surface area contributed by atoms with E-state index in [1.807, 2.05) is 18.2 Å². The molecule has 0 bridgehead atoms. The molecule has 1 aliphatic heterocycles. The van der Waals surface area contributed by atoms with Crippen molar-refractivity contribution in [2.75, 3.05) is 6.54 Å². The van der Waals surface area contributed by atoms with Crippen LogP contribution in [0, 0.1) is 0 Å². The van der Waals surface area contributed by atoms with Crippen LogP contribution in [0.1, 0.15) is 38.6 Å². The average Bonchev–Trinajstić information content (AvgIpc) is 3.01. The van der Waals surface area contributed by atoms with E-state index >= 15 is 0 Å². The van der Waals surface area contributed by atoms with Crippen molar-refractivity contribution >= 4 is 11.0 Å². The van der Waals surface area contributed by atoms with Crippen molar-refractivity contribution in [1.82, 2.24) is 15.3 Å². The van der Waals surface area contributed by atoms with E-state index in [1.54, 1.807) is 0 Å². The van der Waals surface area contributed by atoms with Crippen molar-refractivity contribution < 1.29 is 4.74 Å². The number of H-pyrrole nitrogens is 1. The molecule has 1 aliphatic rings. The molecule has 1 fully saturated rings. The molecular weight excluding hydrogens is 238 g/mol. The maximum absolute atomic E-state index is 5.81. The van der Waals surface area contributed by atoms with Gasteiger partial charge in [-0.1, -0.05) is 12.1 Å². The van der Waals surface area contributed by atoms with Crippen molar-refractivity contribution in [3.05, 3.63) is 30.1 Å². The molecule has 1 aromatic carbocycles. The molecule has 4 heteroatoms. The minimum atomic E-state index is 0.215. The number of rotatable bonds is 4. The molecule has 1 aromatic heterocycles. The molecule has 0 radical (unpaired) electrons. The quantitative estimate of drug-likeness (QED) is 0.887. The highest BCUT2D eigenvalue weighted by atomic mass is 16.5. The minimum absolute atomic E-state index is 0.215. The summed E-state index contributed by atoms with van der Waals surface area (Å²) >= 11 is 0. The summed E-state index contributed by atoms with van der Waals surface area (Å²) in [5.41, 5.74) is 2.12. The Balaban J connectivity index is 1.61. The second-order valence-electron chi connectivity index (χ2n) is 5.42. The highest BCUT2D eigenvalue weighted by Crippen LogP contribution is 2.20. The second kappa shape index (κ2) is 5.31. The maximum atomic E-state index is 5.81. The summed E-state index contributed by atoms with van der Waals surface area (Å²) in [6, 6.07) is 8.34. The molecule has 0 amide bonds. The van der Waals surface area contributed by atoms with E-state index in [-0.39, 0.29) is 6.04 Å². The Labute approximate surface area is 113 Å². The van der Waals surface area contributed by atoms with Gasteiger partial charge in [0, 0.05) is 6.54 Å². The van der Waals surface area contributed by atoms with Gasteiger partial charge in [-0.15, -0.1) is 0 Å². The Bertz CT molecular complexity index is 518. The number of hydrogen-bond donors (Lipinski definition) is 2. The monoisotopic (exact) mass is 259 g/mol. The highest BCUT2D eigenvalue weighted by molar-refractivity contribution is 5.74. The van der Waals surface area contributed by atoms with Gasteiger partial charge in [0.15, 0.2) is 0 Å². The van der Waals surface area contributed by atoms with E-state index in [0.717, 1.165) is 29.8 Å². The average molecular weight is 259 g/mol. The summed E-state index contributed by atoms with van der Waals surface area (Å²) in [5, 5.41) is 3.50. The molecule has 19 heavy (non-hydrogen) atoms. The first-order valence-corrected chi connectivity index (χ1v) is 7.06. The lowest BCUT2D eigenvalue weighted by Gasteiger charge is -2.16. The lowest BCUT2D eigenvalue weighted by molar-refractivity contribution is 0.0545. The minimum Gasteiger partial charge on any atom is -0.374 e. The number of hydrogen-bond acceptors (Lipinski definition) is 3. The summed E-state index contributed by atoms with van der Waals surface area (Å²) in [6.45, 7) is 5.17. The molecular formula is C15H21N3O. The van der Waals surface area contributed by atoms with Crippen molar-refractivity contribution in [3.63, 3.8) is 0 Å². The molecule has 3 unspecified atom stereocenters. The first-order chi connectivity index (χ1) is 9.22. The number of aromatic amines is 1. The van der Waals surface area contributed by atoms with Gasteiger partial charge >= 0.3 is 0 Å². The van der Waals surface area contributed by atoms with Crippen LogP contribution in [-0.2, 0) is 4.74 Å². The molecule has 1 saturated heterocycles. The standard InChI is InChI=1S/C15H21N3O/c1-10-7-8-12(19-10)9-16-11(2)15-17-13-5-3-4-6-14(13)18-15/h3-6,10-12,16H,7-9H2,1-2H3,(H,17,18). The molecule has 2 N–H and O–H groups in total. The van der Waals surface area contributed by atoms with Crippen molar-refractivity contribution in [2.45, 2.75) is 44.9 Å². The number of para-hydroxylation sites is 2. The van der Waals surface area contributed by atoms with Crippen LogP contribution in [0.2, 0.25) is 0 Å². The zero-order valence-corrected chi connectivity index (χ0v) is 11.5. The third-order valence-electron chi connectivity index (χ3n) is 3.79. The van der Waals surface area contributed by atoms with Crippen LogP contribution < -0.4 is 5.32 Å². The SMILES string of the molecule is CC1CCC(CNC(C)c2nc3ccccc3[nH]2)O1. The number of nitrogens with zero attached hydrogens (tertiary/aromatic N) is 1. The van der Waals surface area contributed by atoms with Gasteiger partial charge in [-0.25, -0.2) is 4.98 Å². The van der Waals surface area contributed by atoms with E-state index in [1.165, 1.54) is 6.42 Å². The Morgan fingerprint density at radius 1 is 1.42 bits per heavy atom. The second-order valence-corrected chi connectivity index (χ2v) is 5.42.